The van der Waals surface area contributed by atoms with Gasteiger partial charge in [0, 0.05) is 35.7 Å². The van der Waals surface area contributed by atoms with E-state index in [-0.39, 0.29) is 5.56 Å². The van der Waals surface area contributed by atoms with E-state index in [0.717, 1.165) is 22.3 Å². The molecule has 0 fully saturated rings. The minimum atomic E-state index is -4.51. The van der Waals surface area contributed by atoms with Gasteiger partial charge in [0.2, 0.25) is 0 Å². The van der Waals surface area contributed by atoms with Gasteiger partial charge in [0.1, 0.15) is 17.9 Å². The minimum Gasteiger partial charge on any atom is -0.461 e. The standard InChI is InChI=1S/C23H24F3N3O3/c1-4-19-17(16-7-5-6-8-20(16)32-19)12-29(3)22(31)28-18-11-15(10-9-14(18)2)21(30)27-13-23(24,25)26/h5-11H,4,12-13H2,1-3H3,(H,27,30)(H,28,31). The molecule has 0 aliphatic rings. The van der Waals surface area contributed by atoms with E-state index in [1.165, 1.54) is 17.0 Å². The number of hydrogen-bond acceptors (Lipinski definition) is 3. The predicted octanol–water partition coefficient (Wildman–Crippen LogP) is 5.26. The van der Waals surface area contributed by atoms with E-state index in [0.29, 0.717) is 24.2 Å². The average Bonchev–Trinajstić information content (AvgIpc) is 3.10. The van der Waals surface area contributed by atoms with E-state index in [1.807, 2.05) is 36.5 Å². The summed E-state index contributed by atoms with van der Waals surface area (Å²) in [5, 5.41) is 5.49. The molecule has 170 valence electrons. The summed E-state index contributed by atoms with van der Waals surface area (Å²) < 4.78 is 42.9. The van der Waals surface area contributed by atoms with Crippen LogP contribution in [0, 0.1) is 6.92 Å². The normalized spacial score (nSPS) is 11.4. The van der Waals surface area contributed by atoms with Crippen LogP contribution in [0.2, 0.25) is 0 Å². The number of urea groups is 1. The summed E-state index contributed by atoms with van der Waals surface area (Å²) in [5.74, 6) is -0.0750. The number of carbonyl (C=O) groups excluding carboxylic acids is 2. The minimum absolute atomic E-state index is 0.0203. The molecule has 0 saturated carbocycles. The first-order valence-corrected chi connectivity index (χ1v) is 10.1. The number of benzene rings is 2. The van der Waals surface area contributed by atoms with Crippen LogP contribution in [0.25, 0.3) is 11.0 Å². The Morgan fingerprint density at radius 3 is 2.53 bits per heavy atom. The van der Waals surface area contributed by atoms with E-state index in [1.54, 1.807) is 20.0 Å². The van der Waals surface area contributed by atoms with Gasteiger partial charge < -0.3 is 20.0 Å². The van der Waals surface area contributed by atoms with Crippen molar-refractivity contribution in [2.75, 3.05) is 18.9 Å². The van der Waals surface area contributed by atoms with E-state index in [9.17, 15) is 22.8 Å². The van der Waals surface area contributed by atoms with Crippen molar-refractivity contribution < 1.29 is 27.2 Å². The Bertz CT molecular complexity index is 1140. The number of anilines is 1. The molecule has 6 nitrogen and oxygen atoms in total. The van der Waals surface area contributed by atoms with Gasteiger partial charge in [0.05, 0.1) is 6.54 Å². The highest BCUT2D eigenvalue weighted by atomic mass is 19.4. The van der Waals surface area contributed by atoms with Gasteiger partial charge in [-0.2, -0.15) is 13.2 Å². The SMILES string of the molecule is CCc1oc2ccccc2c1CN(C)C(=O)Nc1cc(C(=O)NCC(F)(F)F)ccc1C. The Labute approximate surface area is 183 Å². The van der Waals surface area contributed by atoms with E-state index < -0.39 is 24.7 Å². The van der Waals surface area contributed by atoms with Gasteiger partial charge in [0.25, 0.3) is 5.91 Å². The molecule has 0 aliphatic carbocycles. The molecule has 9 heteroatoms. The zero-order valence-corrected chi connectivity index (χ0v) is 18.0. The Morgan fingerprint density at radius 1 is 1.12 bits per heavy atom. The number of aryl methyl sites for hydroxylation is 2. The number of nitrogens with one attached hydrogen (secondary N) is 2. The van der Waals surface area contributed by atoms with Crippen LogP contribution in [0.15, 0.2) is 46.9 Å². The lowest BCUT2D eigenvalue weighted by atomic mass is 10.1. The first-order chi connectivity index (χ1) is 15.1. The molecule has 0 spiro atoms. The first kappa shape index (κ1) is 23.2. The molecule has 1 heterocycles. The van der Waals surface area contributed by atoms with Crippen molar-refractivity contribution >= 4 is 28.6 Å². The molecule has 0 aliphatic heterocycles. The summed E-state index contributed by atoms with van der Waals surface area (Å²) in [5.41, 5.74) is 2.70. The molecular formula is C23H24F3N3O3. The zero-order chi connectivity index (χ0) is 23.5. The molecule has 32 heavy (non-hydrogen) atoms. The van der Waals surface area contributed by atoms with E-state index >= 15 is 0 Å². The molecule has 0 atom stereocenters. The Kier molecular flexibility index (Phi) is 6.76. The molecule has 3 amide bonds. The van der Waals surface area contributed by atoms with Gasteiger partial charge in [-0.05, 0) is 30.7 Å². The Morgan fingerprint density at radius 2 is 1.84 bits per heavy atom. The third-order valence-electron chi connectivity index (χ3n) is 5.04. The number of fused-ring (bicyclic) bond motifs is 1. The van der Waals surface area contributed by atoms with Crippen molar-refractivity contribution in [3.8, 4) is 0 Å². The number of amides is 3. The van der Waals surface area contributed by atoms with Gasteiger partial charge in [-0.3, -0.25) is 4.79 Å². The Hall–Kier alpha value is -3.49. The molecule has 0 bridgehead atoms. The third-order valence-corrected chi connectivity index (χ3v) is 5.04. The lowest BCUT2D eigenvalue weighted by Gasteiger charge is -2.19. The van der Waals surface area contributed by atoms with Crippen molar-refractivity contribution in [3.63, 3.8) is 0 Å². The fourth-order valence-electron chi connectivity index (χ4n) is 3.31. The fraction of sp³-hybridized carbons (Fsp3) is 0.304. The summed E-state index contributed by atoms with van der Waals surface area (Å²) in [6, 6.07) is 11.5. The molecule has 2 N–H and O–H groups in total. The largest absolute Gasteiger partial charge is 0.461 e. The number of carbonyl (C=O) groups is 2. The van der Waals surface area contributed by atoms with Gasteiger partial charge in [0.15, 0.2) is 0 Å². The summed E-state index contributed by atoms with van der Waals surface area (Å²) in [4.78, 5) is 26.3. The highest BCUT2D eigenvalue weighted by molar-refractivity contribution is 5.97. The summed E-state index contributed by atoms with van der Waals surface area (Å²) >= 11 is 0. The average molecular weight is 447 g/mol. The summed E-state index contributed by atoms with van der Waals surface area (Å²) in [6.07, 6.45) is -3.83. The second kappa shape index (κ2) is 9.33. The number of furan rings is 1. The zero-order valence-electron chi connectivity index (χ0n) is 18.0. The monoisotopic (exact) mass is 447 g/mol. The number of para-hydroxylation sites is 1. The van der Waals surface area contributed by atoms with Crippen molar-refractivity contribution in [1.82, 2.24) is 10.2 Å². The van der Waals surface area contributed by atoms with E-state index in [2.05, 4.69) is 5.32 Å². The lowest BCUT2D eigenvalue weighted by molar-refractivity contribution is -0.123. The predicted molar refractivity (Wildman–Crippen MR) is 116 cm³/mol. The van der Waals surface area contributed by atoms with Gasteiger partial charge in [-0.25, -0.2) is 4.79 Å². The van der Waals surface area contributed by atoms with E-state index in [4.69, 9.17) is 4.42 Å². The Balaban J connectivity index is 1.74. The lowest BCUT2D eigenvalue weighted by Crippen LogP contribution is -2.34. The molecule has 3 rings (SSSR count). The third kappa shape index (κ3) is 5.40. The van der Waals surface area contributed by atoms with Gasteiger partial charge >= 0.3 is 12.2 Å². The highest BCUT2D eigenvalue weighted by Crippen LogP contribution is 2.27. The van der Waals surface area contributed by atoms with Crippen molar-refractivity contribution in [1.29, 1.82) is 0 Å². The molecule has 3 aromatic rings. The highest BCUT2D eigenvalue weighted by Gasteiger charge is 2.28. The maximum absolute atomic E-state index is 12.8. The molecule has 2 aromatic carbocycles. The number of halogens is 3. The maximum atomic E-state index is 12.8. The topological polar surface area (TPSA) is 74.6 Å². The number of rotatable bonds is 6. The van der Waals surface area contributed by atoms with Crippen molar-refractivity contribution in [2.45, 2.75) is 33.0 Å². The molecule has 0 radical (unpaired) electrons. The smallest absolute Gasteiger partial charge is 0.405 e. The van der Waals surface area contributed by atoms with Gasteiger partial charge in [-0.1, -0.05) is 31.2 Å². The van der Waals surface area contributed by atoms with Crippen LogP contribution >= 0.6 is 0 Å². The summed E-state index contributed by atoms with van der Waals surface area (Å²) in [6.45, 7) is 2.57. The number of alkyl halides is 3. The van der Waals surface area contributed by atoms with Crippen LogP contribution in [0.3, 0.4) is 0 Å². The van der Waals surface area contributed by atoms with Crippen LogP contribution in [0.5, 0.6) is 0 Å². The number of nitrogens with zero attached hydrogens (tertiary/aromatic N) is 1. The second-order valence-electron chi connectivity index (χ2n) is 7.47. The molecule has 0 unspecified atom stereocenters. The molecular weight excluding hydrogens is 423 g/mol. The van der Waals surface area contributed by atoms with Crippen LogP contribution in [-0.2, 0) is 13.0 Å². The van der Waals surface area contributed by atoms with Crippen LogP contribution in [0.4, 0.5) is 23.7 Å². The number of hydrogen-bond donors (Lipinski definition) is 2. The van der Waals surface area contributed by atoms with Crippen molar-refractivity contribution in [2.24, 2.45) is 0 Å². The van der Waals surface area contributed by atoms with Crippen molar-refractivity contribution in [3.05, 3.63) is 64.9 Å². The molecule has 1 aromatic heterocycles. The second-order valence-corrected chi connectivity index (χ2v) is 7.47. The van der Waals surface area contributed by atoms with Crippen LogP contribution in [-0.4, -0.2) is 36.6 Å². The molecule has 0 saturated heterocycles. The quantitative estimate of drug-likeness (QED) is 0.541. The van der Waals surface area contributed by atoms with Gasteiger partial charge in [-0.15, -0.1) is 0 Å². The first-order valence-electron chi connectivity index (χ1n) is 10.1. The maximum Gasteiger partial charge on any atom is 0.405 e. The summed E-state index contributed by atoms with van der Waals surface area (Å²) in [7, 11) is 1.63. The van der Waals surface area contributed by atoms with Crippen LogP contribution < -0.4 is 10.6 Å². The van der Waals surface area contributed by atoms with Crippen LogP contribution in [0.1, 0.15) is 34.2 Å². The fourth-order valence-corrected chi connectivity index (χ4v) is 3.31.